The lowest BCUT2D eigenvalue weighted by Crippen LogP contribution is -2.44. The molecule has 7 heteroatoms. The summed E-state index contributed by atoms with van der Waals surface area (Å²) >= 11 is 0. The molecule has 1 aromatic heterocycles. The Morgan fingerprint density at radius 1 is 1.50 bits per heavy atom. The molecule has 1 aromatic rings. The first-order chi connectivity index (χ1) is 11.7. The van der Waals surface area contributed by atoms with E-state index in [1.807, 2.05) is 18.7 Å². The molecule has 0 spiro atoms. The van der Waals surface area contributed by atoms with Gasteiger partial charge in [0.1, 0.15) is 0 Å². The minimum atomic E-state index is -0.269. The predicted molar refractivity (Wildman–Crippen MR) is 95.0 cm³/mol. The third kappa shape index (κ3) is 5.63. The van der Waals surface area contributed by atoms with Gasteiger partial charge >= 0.3 is 0 Å². The highest BCUT2D eigenvalue weighted by atomic mass is 19.1. The van der Waals surface area contributed by atoms with Crippen molar-refractivity contribution in [3.8, 4) is 0 Å². The van der Waals surface area contributed by atoms with Crippen LogP contribution in [0.3, 0.4) is 0 Å². The third-order valence-electron chi connectivity index (χ3n) is 3.83. The minimum absolute atomic E-state index is 0.232. The van der Waals surface area contributed by atoms with Gasteiger partial charge in [-0.05, 0) is 38.8 Å². The van der Waals surface area contributed by atoms with Crippen LogP contribution in [0.5, 0.6) is 0 Å². The minimum Gasteiger partial charge on any atom is -0.382 e. The molecule has 1 aliphatic rings. The van der Waals surface area contributed by atoms with Crippen LogP contribution in [0.15, 0.2) is 23.3 Å². The molecule has 1 unspecified atom stereocenters. The summed E-state index contributed by atoms with van der Waals surface area (Å²) in [4.78, 5) is 10.7. The number of hydrogen-bond acceptors (Lipinski definition) is 4. The Hall–Kier alpha value is -1.89. The van der Waals surface area contributed by atoms with Crippen molar-refractivity contribution in [3.05, 3.63) is 24.1 Å². The number of anilines is 1. The monoisotopic (exact) mass is 337 g/mol. The number of guanidine groups is 1. The highest BCUT2D eigenvalue weighted by molar-refractivity contribution is 5.80. The van der Waals surface area contributed by atoms with Gasteiger partial charge in [0.15, 0.2) is 17.6 Å². The van der Waals surface area contributed by atoms with E-state index in [1.165, 1.54) is 6.07 Å². The maximum absolute atomic E-state index is 13.8. The van der Waals surface area contributed by atoms with Gasteiger partial charge in [0, 0.05) is 51.6 Å². The molecule has 1 aliphatic heterocycles. The summed E-state index contributed by atoms with van der Waals surface area (Å²) in [5.74, 6) is 0.970. The van der Waals surface area contributed by atoms with Crippen LogP contribution < -0.4 is 15.5 Å². The smallest absolute Gasteiger partial charge is 0.191 e. The molecule has 1 atom stereocenters. The van der Waals surface area contributed by atoms with Gasteiger partial charge in [-0.15, -0.1) is 0 Å². The van der Waals surface area contributed by atoms with Crippen molar-refractivity contribution in [2.24, 2.45) is 4.99 Å². The van der Waals surface area contributed by atoms with E-state index in [0.29, 0.717) is 5.82 Å². The fourth-order valence-electron chi connectivity index (χ4n) is 2.70. The van der Waals surface area contributed by atoms with E-state index >= 15 is 0 Å². The normalized spacial score (nSPS) is 18.0. The zero-order chi connectivity index (χ0) is 17.2. The summed E-state index contributed by atoms with van der Waals surface area (Å²) in [5.41, 5.74) is 0. The summed E-state index contributed by atoms with van der Waals surface area (Å²) in [6, 6.07) is 3.30. The zero-order valence-corrected chi connectivity index (χ0v) is 14.6. The molecule has 2 heterocycles. The van der Waals surface area contributed by atoms with Crippen molar-refractivity contribution in [2.75, 3.05) is 44.3 Å². The molecule has 0 amide bonds. The van der Waals surface area contributed by atoms with Crippen LogP contribution >= 0.6 is 0 Å². The number of ether oxygens (including phenoxy) is 1. The number of aromatic nitrogens is 1. The first-order valence-corrected chi connectivity index (χ1v) is 8.72. The molecule has 0 aromatic carbocycles. The standard InChI is InChI=1S/C17H28FN5O/c1-3-19-17(21-10-6-12-24-4-2)22-14-8-11-23(13-14)16-15(18)7-5-9-20-16/h5,7,9,14H,3-4,6,8,10-13H2,1-2H3,(H2,19,21,22). The maximum Gasteiger partial charge on any atom is 0.191 e. The third-order valence-corrected chi connectivity index (χ3v) is 3.83. The molecule has 1 saturated heterocycles. The second kappa shape index (κ2) is 10.1. The van der Waals surface area contributed by atoms with E-state index < -0.39 is 0 Å². The number of hydrogen-bond donors (Lipinski definition) is 2. The molecule has 24 heavy (non-hydrogen) atoms. The second-order valence-corrected chi connectivity index (χ2v) is 5.70. The fourth-order valence-corrected chi connectivity index (χ4v) is 2.70. The van der Waals surface area contributed by atoms with Crippen LogP contribution in [0.2, 0.25) is 0 Å². The number of rotatable bonds is 8. The van der Waals surface area contributed by atoms with Gasteiger partial charge in [0.2, 0.25) is 0 Å². The molecule has 2 N–H and O–H groups in total. The van der Waals surface area contributed by atoms with Crippen molar-refractivity contribution >= 4 is 11.8 Å². The molecule has 0 aliphatic carbocycles. The van der Waals surface area contributed by atoms with Crippen molar-refractivity contribution in [3.63, 3.8) is 0 Å². The number of halogens is 1. The fraction of sp³-hybridized carbons (Fsp3) is 0.647. The lowest BCUT2D eigenvalue weighted by atomic mass is 10.3. The summed E-state index contributed by atoms with van der Waals surface area (Å²) in [5, 5.41) is 6.69. The van der Waals surface area contributed by atoms with Gasteiger partial charge in [-0.25, -0.2) is 9.37 Å². The van der Waals surface area contributed by atoms with Crippen LogP contribution in [0.1, 0.15) is 26.7 Å². The van der Waals surface area contributed by atoms with Crippen molar-refractivity contribution < 1.29 is 9.13 Å². The first-order valence-electron chi connectivity index (χ1n) is 8.72. The van der Waals surface area contributed by atoms with Crippen molar-refractivity contribution in [2.45, 2.75) is 32.7 Å². The van der Waals surface area contributed by atoms with E-state index in [-0.39, 0.29) is 11.9 Å². The zero-order valence-electron chi connectivity index (χ0n) is 14.6. The number of pyridine rings is 1. The Morgan fingerprint density at radius 2 is 2.38 bits per heavy atom. The van der Waals surface area contributed by atoms with E-state index in [4.69, 9.17) is 4.74 Å². The molecular weight excluding hydrogens is 309 g/mol. The Bertz CT molecular complexity index is 525. The highest BCUT2D eigenvalue weighted by Gasteiger charge is 2.25. The van der Waals surface area contributed by atoms with Gasteiger partial charge in [0.05, 0.1) is 0 Å². The van der Waals surface area contributed by atoms with Gasteiger partial charge in [-0.2, -0.15) is 0 Å². The molecule has 0 bridgehead atoms. The topological polar surface area (TPSA) is 61.8 Å². The molecule has 2 rings (SSSR count). The van der Waals surface area contributed by atoms with Crippen LogP contribution in [-0.2, 0) is 4.74 Å². The lowest BCUT2D eigenvalue weighted by Gasteiger charge is -2.19. The second-order valence-electron chi connectivity index (χ2n) is 5.70. The predicted octanol–water partition coefficient (Wildman–Crippen LogP) is 1.78. The van der Waals surface area contributed by atoms with E-state index in [1.54, 1.807) is 12.3 Å². The number of nitrogens with one attached hydrogen (secondary N) is 2. The van der Waals surface area contributed by atoms with Crippen LogP contribution in [0.25, 0.3) is 0 Å². The number of aliphatic imine (C=N–C) groups is 1. The van der Waals surface area contributed by atoms with E-state index in [2.05, 4.69) is 20.6 Å². The van der Waals surface area contributed by atoms with Crippen LogP contribution in [0.4, 0.5) is 10.2 Å². The molecular formula is C17H28FN5O. The van der Waals surface area contributed by atoms with Crippen LogP contribution in [-0.4, -0.2) is 56.4 Å². The van der Waals surface area contributed by atoms with Gasteiger partial charge < -0.3 is 20.3 Å². The average Bonchev–Trinajstić information content (AvgIpc) is 3.03. The Labute approximate surface area is 143 Å². The van der Waals surface area contributed by atoms with Gasteiger partial charge in [0.25, 0.3) is 0 Å². The quantitative estimate of drug-likeness (QED) is 0.430. The molecule has 134 valence electrons. The molecule has 0 radical (unpaired) electrons. The Morgan fingerprint density at radius 3 is 3.12 bits per heavy atom. The first kappa shape index (κ1) is 18.4. The molecule has 0 saturated carbocycles. The largest absolute Gasteiger partial charge is 0.382 e. The van der Waals surface area contributed by atoms with Gasteiger partial charge in [-0.3, -0.25) is 4.99 Å². The maximum atomic E-state index is 13.8. The molecule has 6 nitrogen and oxygen atoms in total. The average molecular weight is 337 g/mol. The van der Waals surface area contributed by atoms with E-state index in [0.717, 1.165) is 58.2 Å². The summed E-state index contributed by atoms with van der Waals surface area (Å²) in [6.07, 6.45) is 3.46. The molecule has 1 fully saturated rings. The van der Waals surface area contributed by atoms with Crippen molar-refractivity contribution in [1.82, 2.24) is 15.6 Å². The summed E-state index contributed by atoms with van der Waals surface area (Å²) in [7, 11) is 0. The lowest BCUT2D eigenvalue weighted by molar-refractivity contribution is 0.146. The van der Waals surface area contributed by atoms with Crippen LogP contribution in [0, 0.1) is 5.82 Å². The SMILES string of the molecule is CCNC(=NCCCOCC)NC1CCN(c2ncccc2F)C1. The Balaban J connectivity index is 1.84. The number of nitrogens with zero attached hydrogens (tertiary/aromatic N) is 3. The van der Waals surface area contributed by atoms with Crippen molar-refractivity contribution in [1.29, 1.82) is 0 Å². The Kier molecular flexibility index (Phi) is 7.74. The van der Waals surface area contributed by atoms with E-state index in [9.17, 15) is 4.39 Å². The summed E-state index contributed by atoms with van der Waals surface area (Å²) < 4.78 is 19.2. The van der Waals surface area contributed by atoms with Gasteiger partial charge in [-0.1, -0.05) is 0 Å². The highest BCUT2D eigenvalue weighted by Crippen LogP contribution is 2.20. The summed E-state index contributed by atoms with van der Waals surface area (Å²) in [6.45, 7) is 8.54.